The van der Waals surface area contributed by atoms with E-state index in [-0.39, 0.29) is 17.9 Å². The average Bonchev–Trinajstić information content (AvgIpc) is 2.86. The molecule has 1 heterocycles. The Bertz CT molecular complexity index is 849. The first-order valence-electron chi connectivity index (χ1n) is 8.94. The van der Waals surface area contributed by atoms with Crippen molar-refractivity contribution in [3.8, 4) is 0 Å². The third kappa shape index (κ3) is 3.27. The molecule has 134 valence electrons. The molecular formula is C22H24N2O2. The van der Waals surface area contributed by atoms with E-state index in [1.165, 1.54) is 10.5 Å². The quantitative estimate of drug-likeness (QED) is 0.814. The van der Waals surface area contributed by atoms with Crippen LogP contribution in [0.3, 0.4) is 0 Å². The number of rotatable bonds is 5. The van der Waals surface area contributed by atoms with Crippen molar-refractivity contribution in [1.29, 1.82) is 0 Å². The van der Waals surface area contributed by atoms with Gasteiger partial charge in [0.2, 0.25) is 0 Å². The molecule has 0 bridgehead atoms. The summed E-state index contributed by atoms with van der Waals surface area (Å²) in [4.78, 5) is 27.1. The van der Waals surface area contributed by atoms with Crippen LogP contribution >= 0.6 is 0 Å². The van der Waals surface area contributed by atoms with Gasteiger partial charge in [-0.05, 0) is 43.0 Å². The second-order valence-corrected chi connectivity index (χ2v) is 7.09. The number of nitrogens with zero attached hydrogens (tertiary/aromatic N) is 1. The molecule has 0 fully saturated rings. The summed E-state index contributed by atoms with van der Waals surface area (Å²) in [5, 5.41) is 3.19. The second kappa shape index (κ2) is 7.16. The van der Waals surface area contributed by atoms with E-state index in [0.29, 0.717) is 17.2 Å². The summed E-state index contributed by atoms with van der Waals surface area (Å²) in [6.45, 7) is 7.97. The summed E-state index contributed by atoms with van der Waals surface area (Å²) in [6.07, 6.45) is 0. The molecule has 1 aliphatic heterocycles. The van der Waals surface area contributed by atoms with Crippen LogP contribution in [0.1, 0.15) is 44.7 Å². The van der Waals surface area contributed by atoms with Crippen molar-refractivity contribution < 1.29 is 9.59 Å². The number of imide groups is 1. The lowest BCUT2D eigenvalue weighted by atomic mass is 10.0. The van der Waals surface area contributed by atoms with Gasteiger partial charge in [-0.1, -0.05) is 56.3 Å². The predicted octanol–water partition coefficient (Wildman–Crippen LogP) is 4.41. The fourth-order valence-electron chi connectivity index (χ4n) is 3.10. The molecule has 4 heteroatoms. The van der Waals surface area contributed by atoms with Crippen LogP contribution in [0.5, 0.6) is 0 Å². The summed E-state index contributed by atoms with van der Waals surface area (Å²) in [6, 6.07) is 17.1. The Morgan fingerprint density at radius 3 is 1.96 bits per heavy atom. The molecule has 0 aromatic heterocycles. The van der Waals surface area contributed by atoms with Gasteiger partial charge in [0.25, 0.3) is 11.8 Å². The molecule has 2 amide bonds. The van der Waals surface area contributed by atoms with Crippen molar-refractivity contribution in [2.24, 2.45) is 0 Å². The Labute approximate surface area is 154 Å². The van der Waals surface area contributed by atoms with Gasteiger partial charge in [0.1, 0.15) is 5.70 Å². The maximum absolute atomic E-state index is 12.9. The maximum Gasteiger partial charge on any atom is 0.278 e. The summed E-state index contributed by atoms with van der Waals surface area (Å²) in [5.41, 5.74) is 3.54. The molecular weight excluding hydrogens is 324 g/mol. The Hall–Kier alpha value is -2.88. The highest BCUT2D eigenvalue weighted by molar-refractivity contribution is 6.36. The molecule has 0 aliphatic carbocycles. The molecule has 4 nitrogen and oxygen atoms in total. The first-order valence-corrected chi connectivity index (χ1v) is 8.94. The largest absolute Gasteiger partial charge is 0.350 e. The zero-order valence-electron chi connectivity index (χ0n) is 15.6. The summed E-state index contributed by atoms with van der Waals surface area (Å²) in [5.74, 6) is -0.0939. The predicted molar refractivity (Wildman–Crippen MR) is 105 cm³/mol. The van der Waals surface area contributed by atoms with Crippen molar-refractivity contribution in [2.75, 3.05) is 5.32 Å². The van der Waals surface area contributed by atoms with Crippen LogP contribution in [0.4, 0.5) is 5.69 Å². The minimum atomic E-state index is -0.281. The molecule has 0 saturated heterocycles. The Morgan fingerprint density at radius 2 is 1.42 bits per heavy atom. The standard InChI is InChI=1S/C22H24N2O2/c1-14(2)16-10-12-18(13-11-16)23-20-19(17-8-6-5-7-9-17)21(25)24(15(3)4)22(20)26/h5-15,23H,1-4H3. The van der Waals surface area contributed by atoms with Crippen LogP contribution in [-0.4, -0.2) is 22.8 Å². The van der Waals surface area contributed by atoms with Gasteiger partial charge >= 0.3 is 0 Å². The summed E-state index contributed by atoms with van der Waals surface area (Å²) < 4.78 is 0. The first kappa shape index (κ1) is 17.9. The minimum absolute atomic E-state index is 0.198. The fraction of sp³-hybridized carbons (Fsp3) is 0.273. The van der Waals surface area contributed by atoms with Gasteiger partial charge in [-0.25, -0.2) is 0 Å². The molecule has 0 radical (unpaired) electrons. The van der Waals surface area contributed by atoms with Gasteiger partial charge in [-0.3, -0.25) is 14.5 Å². The smallest absolute Gasteiger partial charge is 0.278 e. The second-order valence-electron chi connectivity index (χ2n) is 7.09. The molecule has 0 atom stereocenters. The molecule has 1 aliphatic rings. The van der Waals surface area contributed by atoms with Gasteiger partial charge in [0, 0.05) is 11.7 Å². The van der Waals surface area contributed by atoms with Crippen molar-refractivity contribution in [2.45, 2.75) is 39.7 Å². The molecule has 2 aromatic rings. The number of hydrogen-bond acceptors (Lipinski definition) is 3. The lowest BCUT2D eigenvalue weighted by Gasteiger charge is -2.19. The number of carbonyl (C=O) groups excluding carboxylic acids is 2. The zero-order valence-corrected chi connectivity index (χ0v) is 15.6. The van der Waals surface area contributed by atoms with Gasteiger partial charge in [0.15, 0.2) is 0 Å². The van der Waals surface area contributed by atoms with E-state index in [4.69, 9.17) is 0 Å². The van der Waals surface area contributed by atoms with Crippen molar-refractivity contribution in [1.82, 2.24) is 4.90 Å². The molecule has 0 saturated carbocycles. The molecule has 1 N–H and O–H groups in total. The Balaban J connectivity index is 2.02. The average molecular weight is 348 g/mol. The van der Waals surface area contributed by atoms with E-state index in [1.54, 1.807) is 0 Å². The van der Waals surface area contributed by atoms with Crippen LogP contribution in [-0.2, 0) is 9.59 Å². The van der Waals surface area contributed by atoms with Gasteiger partial charge in [0.05, 0.1) is 5.57 Å². The van der Waals surface area contributed by atoms with E-state index in [2.05, 4.69) is 19.2 Å². The Kier molecular flexibility index (Phi) is 4.94. The van der Waals surface area contributed by atoms with Gasteiger partial charge < -0.3 is 5.32 Å². The van der Waals surface area contributed by atoms with Crippen LogP contribution in [0, 0.1) is 0 Å². The van der Waals surface area contributed by atoms with E-state index in [9.17, 15) is 9.59 Å². The highest BCUT2D eigenvalue weighted by Crippen LogP contribution is 2.31. The minimum Gasteiger partial charge on any atom is -0.350 e. The van der Waals surface area contributed by atoms with E-state index >= 15 is 0 Å². The van der Waals surface area contributed by atoms with Crippen LogP contribution in [0.15, 0.2) is 60.3 Å². The number of benzene rings is 2. The fourth-order valence-corrected chi connectivity index (χ4v) is 3.10. The van der Waals surface area contributed by atoms with E-state index in [0.717, 1.165) is 11.3 Å². The SMILES string of the molecule is CC(C)c1ccc(NC2=C(c3ccccc3)C(=O)N(C(C)C)C2=O)cc1. The normalized spacial score (nSPS) is 14.8. The highest BCUT2D eigenvalue weighted by atomic mass is 16.2. The van der Waals surface area contributed by atoms with Crippen LogP contribution in [0.25, 0.3) is 5.57 Å². The number of nitrogens with one attached hydrogen (secondary N) is 1. The third-order valence-corrected chi connectivity index (χ3v) is 4.54. The lowest BCUT2D eigenvalue weighted by molar-refractivity contribution is -0.138. The lowest BCUT2D eigenvalue weighted by Crippen LogP contribution is -2.38. The van der Waals surface area contributed by atoms with E-state index < -0.39 is 0 Å². The molecule has 3 rings (SSSR count). The number of carbonyl (C=O) groups is 2. The van der Waals surface area contributed by atoms with Crippen molar-refractivity contribution in [3.05, 3.63) is 71.4 Å². The van der Waals surface area contributed by atoms with Crippen LogP contribution < -0.4 is 5.32 Å². The topological polar surface area (TPSA) is 49.4 Å². The maximum atomic E-state index is 12.9. The number of hydrogen-bond donors (Lipinski definition) is 1. The van der Waals surface area contributed by atoms with Crippen molar-refractivity contribution >= 4 is 23.1 Å². The third-order valence-electron chi connectivity index (χ3n) is 4.54. The summed E-state index contributed by atoms with van der Waals surface area (Å²) >= 11 is 0. The monoisotopic (exact) mass is 348 g/mol. The Morgan fingerprint density at radius 1 is 0.808 bits per heavy atom. The molecule has 0 unspecified atom stereocenters. The highest BCUT2D eigenvalue weighted by Gasteiger charge is 2.40. The summed E-state index contributed by atoms with van der Waals surface area (Å²) in [7, 11) is 0. The molecule has 26 heavy (non-hydrogen) atoms. The number of amides is 2. The zero-order chi connectivity index (χ0) is 18.8. The van der Waals surface area contributed by atoms with Gasteiger partial charge in [-0.2, -0.15) is 0 Å². The first-order chi connectivity index (χ1) is 12.4. The number of anilines is 1. The molecule has 2 aromatic carbocycles. The van der Waals surface area contributed by atoms with Crippen molar-refractivity contribution in [3.63, 3.8) is 0 Å². The molecule has 0 spiro atoms. The van der Waals surface area contributed by atoms with Gasteiger partial charge in [-0.15, -0.1) is 0 Å². The van der Waals surface area contributed by atoms with E-state index in [1.807, 2.05) is 68.4 Å². The van der Waals surface area contributed by atoms with Crippen LogP contribution in [0.2, 0.25) is 0 Å².